The summed E-state index contributed by atoms with van der Waals surface area (Å²) in [5.74, 6) is 0. The Morgan fingerprint density at radius 2 is 0.654 bits per heavy atom. The predicted molar refractivity (Wildman–Crippen MR) is 122 cm³/mol. The van der Waals surface area contributed by atoms with Crippen molar-refractivity contribution < 1.29 is 37.0 Å². The second kappa shape index (κ2) is 11.1. The lowest BCUT2D eigenvalue weighted by Gasteiger charge is -2.40. The number of rotatable bonds is 0. The largest absolute Gasteiger partial charge is 0.425 e. The van der Waals surface area contributed by atoms with Gasteiger partial charge in [-0.1, -0.05) is 0 Å². The van der Waals surface area contributed by atoms with Gasteiger partial charge < -0.3 is 37.0 Å². The summed E-state index contributed by atoms with van der Waals surface area (Å²) in [6.45, 7) is 16.3. The Morgan fingerprint density at radius 3 is 1.00 bits per heavy atom. The fourth-order valence-corrected chi connectivity index (χ4v) is 29.5. The molecule has 0 aromatic carbocycles. The summed E-state index contributed by atoms with van der Waals surface area (Å²) in [7, 11) is -14.7. The van der Waals surface area contributed by atoms with Crippen LogP contribution >= 0.6 is 0 Å². The molecule has 0 aliphatic carbocycles. The molecule has 1 aliphatic rings. The minimum Gasteiger partial charge on any atom is -0.425 e. The van der Waals surface area contributed by atoms with Crippen LogP contribution in [-0.2, 0) is 37.0 Å². The van der Waals surface area contributed by atoms with Crippen molar-refractivity contribution in [3.8, 4) is 0 Å². The Balaban J connectivity index is 2.76. The summed E-state index contributed by atoms with van der Waals surface area (Å²) >= 11 is 0. The van der Waals surface area contributed by atoms with Crippen LogP contribution < -0.4 is 0 Å². The van der Waals surface area contributed by atoms with Gasteiger partial charge in [0.25, 0.3) is 50.0 Å². The van der Waals surface area contributed by atoms with Crippen LogP contribution in [0.15, 0.2) is 0 Å². The fourth-order valence-electron chi connectivity index (χ4n) is 2.56. The lowest BCUT2D eigenvalue weighted by atomic mass is 11.9. The third-order valence-corrected chi connectivity index (χ3v) is 26.6. The molecule has 1 rings (SSSR count). The van der Waals surface area contributed by atoms with E-state index in [0.717, 1.165) is 0 Å². The molecular weight excluding hydrogens is 493 g/mol. The molecule has 18 heteroatoms. The van der Waals surface area contributed by atoms with E-state index < -0.39 is 84.3 Å². The van der Waals surface area contributed by atoms with Gasteiger partial charge >= 0.3 is 34.2 Å². The summed E-state index contributed by atoms with van der Waals surface area (Å²) in [5, 5.41) is 0. The summed E-state index contributed by atoms with van der Waals surface area (Å²) in [5.41, 5.74) is 0. The molecule has 156 valence electrons. The van der Waals surface area contributed by atoms with Crippen molar-refractivity contribution in [2.24, 2.45) is 0 Å². The second-order valence-electron chi connectivity index (χ2n) is 7.60. The molecule has 1 heterocycles. The molecule has 0 aromatic rings. The molecule has 0 bridgehead atoms. The summed E-state index contributed by atoms with van der Waals surface area (Å²) < 4.78 is 53.3. The fraction of sp³-hybridized carbons (Fsp3) is 1.00. The maximum atomic E-state index is 6.41. The first kappa shape index (κ1) is 25.6. The van der Waals surface area contributed by atoms with Gasteiger partial charge in [-0.15, -0.1) is 0 Å². The molecule has 0 saturated carbocycles. The molecule has 0 amide bonds. The standard InChI is InChI=1S/C8H34O9Si9/c1-23(2)13-21-11-19-9-18-10-20-12-22-14-24(3,4)16-26(7,8)17-25(5,6)15-23/h18-22H2,1-8H3. The van der Waals surface area contributed by atoms with Crippen LogP contribution in [0.2, 0.25) is 52.4 Å². The van der Waals surface area contributed by atoms with Gasteiger partial charge in [-0.05, 0) is 52.4 Å². The maximum Gasteiger partial charge on any atom is 0.314 e. The molecule has 1 fully saturated rings. The first-order valence-corrected chi connectivity index (χ1v) is 25.6. The third-order valence-electron chi connectivity index (χ3n) is 2.95. The smallest absolute Gasteiger partial charge is 0.314 e. The first-order chi connectivity index (χ1) is 11.8. The minimum atomic E-state index is -2.41. The highest BCUT2D eigenvalue weighted by Gasteiger charge is 2.44. The lowest BCUT2D eigenvalue weighted by Crippen LogP contribution is -2.58. The minimum absolute atomic E-state index is 0.992. The van der Waals surface area contributed by atoms with E-state index in [2.05, 4.69) is 0 Å². The van der Waals surface area contributed by atoms with Crippen molar-refractivity contribution in [3.63, 3.8) is 0 Å². The molecule has 0 spiro atoms. The van der Waals surface area contributed by atoms with E-state index >= 15 is 0 Å². The van der Waals surface area contributed by atoms with Gasteiger partial charge in [0.05, 0.1) is 0 Å². The molecule has 0 unspecified atom stereocenters. The molecule has 9 nitrogen and oxygen atoms in total. The Bertz CT molecular complexity index is 388. The topological polar surface area (TPSA) is 83.1 Å². The number of hydrogen-bond donors (Lipinski definition) is 0. The second-order valence-corrected chi connectivity index (χ2v) is 31.3. The monoisotopic (exact) mass is 526 g/mol. The van der Waals surface area contributed by atoms with E-state index in [-0.39, 0.29) is 0 Å². The summed E-state index contributed by atoms with van der Waals surface area (Å²) in [6.07, 6.45) is 0. The van der Waals surface area contributed by atoms with E-state index in [4.69, 9.17) is 37.0 Å². The van der Waals surface area contributed by atoms with Crippen LogP contribution in [0.4, 0.5) is 0 Å². The SMILES string of the molecule is C[Si]1(C)O[SiH2]O[SiH2]O[SiH2]O[SiH2]O[SiH2]O[Si](C)(C)O[Si](C)(C)O[Si](C)(C)O1. The predicted octanol–water partition coefficient (Wildman–Crippen LogP) is -2.05. The van der Waals surface area contributed by atoms with E-state index in [1.54, 1.807) is 0 Å². The van der Waals surface area contributed by atoms with Crippen LogP contribution in [0, 0.1) is 0 Å². The zero-order chi connectivity index (χ0) is 19.9. The Morgan fingerprint density at radius 1 is 0.385 bits per heavy atom. The van der Waals surface area contributed by atoms with Gasteiger partial charge in [0.15, 0.2) is 0 Å². The van der Waals surface area contributed by atoms with Gasteiger partial charge in [0.1, 0.15) is 0 Å². The van der Waals surface area contributed by atoms with Crippen molar-refractivity contribution in [2.45, 2.75) is 52.4 Å². The maximum absolute atomic E-state index is 6.41. The van der Waals surface area contributed by atoms with Crippen LogP contribution in [-0.4, -0.2) is 84.3 Å². The normalized spacial score (nSPS) is 33.2. The van der Waals surface area contributed by atoms with Gasteiger partial charge in [0, 0.05) is 0 Å². The van der Waals surface area contributed by atoms with Crippen molar-refractivity contribution in [1.82, 2.24) is 0 Å². The highest BCUT2D eigenvalue weighted by atomic mass is 28.5. The first-order valence-electron chi connectivity index (χ1n) is 8.52. The van der Waals surface area contributed by atoms with Crippen molar-refractivity contribution in [2.75, 3.05) is 0 Å². The van der Waals surface area contributed by atoms with E-state index in [0.29, 0.717) is 0 Å². The molecular formula is C8H34O9Si9. The summed E-state index contributed by atoms with van der Waals surface area (Å²) in [6, 6.07) is 0. The molecule has 1 aliphatic heterocycles. The molecule has 0 N–H and O–H groups in total. The zero-order valence-electron chi connectivity index (χ0n) is 17.2. The average molecular weight is 527 g/mol. The highest BCUT2D eigenvalue weighted by molar-refractivity contribution is 6.88. The molecule has 1 saturated heterocycles. The number of hydrogen-bond acceptors (Lipinski definition) is 9. The van der Waals surface area contributed by atoms with E-state index in [1.807, 2.05) is 52.4 Å². The van der Waals surface area contributed by atoms with Crippen molar-refractivity contribution >= 4 is 84.3 Å². The van der Waals surface area contributed by atoms with E-state index in [1.165, 1.54) is 0 Å². The van der Waals surface area contributed by atoms with Crippen LogP contribution in [0.5, 0.6) is 0 Å². The van der Waals surface area contributed by atoms with Gasteiger partial charge in [-0.2, -0.15) is 0 Å². The Hall–Kier alpha value is 1.59. The third kappa shape index (κ3) is 12.2. The van der Waals surface area contributed by atoms with E-state index in [9.17, 15) is 0 Å². The molecule has 0 radical (unpaired) electrons. The molecule has 0 atom stereocenters. The summed E-state index contributed by atoms with van der Waals surface area (Å²) in [4.78, 5) is 0. The van der Waals surface area contributed by atoms with Crippen LogP contribution in [0.1, 0.15) is 0 Å². The Labute approximate surface area is 173 Å². The zero-order valence-corrected chi connectivity index (χ0v) is 28.3. The van der Waals surface area contributed by atoms with Gasteiger partial charge in [-0.25, -0.2) is 0 Å². The van der Waals surface area contributed by atoms with Crippen LogP contribution in [0.3, 0.4) is 0 Å². The quantitative estimate of drug-likeness (QED) is 0.331. The molecule has 0 aromatic heterocycles. The lowest BCUT2D eigenvalue weighted by molar-refractivity contribution is 0.275. The van der Waals surface area contributed by atoms with Crippen molar-refractivity contribution in [3.05, 3.63) is 0 Å². The Kier molecular flexibility index (Phi) is 11.0. The van der Waals surface area contributed by atoms with Gasteiger partial charge in [0.2, 0.25) is 0 Å². The molecule has 26 heavy (non-hydrogen) atoms. The van der Waals surface area contributed by atoms with Crippen LogP contribution in [0.25, 0.3) is 0 Å². The average Bonchev–Trinajstić information content (AvgIpc) is 2.39. The van der Waals surface area contributed by atoms with Crippen molar-refractivity contribution in [1.29, 1.82) is 0 Å². The highest BCUT2D eigenvalue weighted by Crippen LogP contribution is 2.24. The van der Waals surface area contributed by atoms with Gasteiger partial charge in [-0.3, -0.25) is 0 Å².